The molecule has 19 heavy (non-hydrogen) atoms. The Kier molecular flexibility index (Phi) is 2.58. The zero-order chi connectivity index (χ0) is 13.6. The fourth-order valence-electron chi connectivity index (χ4n) is 2.48. The molecule has 2 unspecified atom stereocenters. The largest absolute Gasteiger partial charge is 0.481 e. The summed E-state index contributed by atoms with van der Waals surface area (Å²) in [5.41, 5.74) is 3.08. The first-order chi connectivity index (χ1) is 9.09. The highest BCUT2D eigenvalue weighted by Crippen LogP contribution is 2.47. The van der Waals surface area contributed by atoms with Crippen molar-refractivity contribution in [2.75, 3.05) is 0 Å². The van der Waals surface area contributed by atoms with Crippen LogP contribution >= 0.6 is 0 Å². The summed E-state index contributed by atoms with van der Waals surface area (Å²) in [5.74, 6) is -0.563. The minimum Gasteiger partial charge on any atom is -0.481 e. The Morgan fingerprint density at radius 2 is 2.05 bits per heavy atom. The lowest BCUT2D eigenvalue weighted by atomic mass is 10.1. The van der Waals surface area contributed by atoms with Crippen LogP contribution in [0.3, 0.4) is 0 Å². The van der Waals surface area contributed by atoms with Gasteiger partial charge >= 0.3 is 5.97 Å². The van der Waals surface area contributed by atoms with Gasteiger partial charge in [0.25, 0.3) is 0 Å². The van der Waals surface area contributed by atoms with E-state index in [1.807, 2.05) is 32.0 Å². The van der Waals surface area contributed by atoms with E-state index in [0.29, 0.717) is 12.2 Å². The third kappa shape index (κ3) is 1.89. The Bertz CT molecular complexity index is 630. The molecule has 0 saturated heterocycles. The molecular formula is C13H14N4O2. The van der Waals surface area contributed by atoms with E-state index in [1.54, 1.807) is 4.68 Å². The highest BCUT2D eigenvalue weighted by atomic mass is 16.4. The van der Waals surface area contributed by atoms with Crippen LogP contribution in [0.15, 0.2) is 18.2 Å². The van der Waals surface area contributed by atoms with Gasteiger partial charge in [-0.05, 0) is 41.8 Å². The van der Waals surface area contributed by atoms with Crippen LogP contribution in [0.5, 0.6) is 0 Å². The van der Waals surface area contributed by atoms with Gasteiger partial charge in [-0.2, -0.15) is 4.68 Å². The number of hydrogen-bond acceptors (Lipinski definition) is 4. The molecule has 1 aliphatic rings. The molecule has 1 N–H and O–H groups in total. The SMILES string of the molecule is Cc1cccc(C)c1-n1nnnc1C1CC1C(=O)O. The number of carbonyl (C=O) groups is 1. The van der Waals surface area contributed by atoms with Crippen molar-refractivity contribution in [3.8, 4) is 5.69 Å². The number of tetrazole rings is 1. The minimum atomic E-state index is -0.777. The molecule has 0 spiro atoms. The van der Waals surface area contributed by atoms with Gasteiger partial charge in [0.2, 0.25) is 0 Å². The molecule has 6 nitrogen and oxygen atoms in total. The summed E-state index contributed by atoms with van der Waals surface area (Å²) in [5, 5.41) is 20.8. The van der Waals surface area contributed by atoms with E-state index in [4.69, 9.17) is 5.11 Å². The summed E-state index contributed by atoms with van der Waals surface area (Å²) in [7, 11) is 0. The normalized spacial score (nSPS) is 21.4. The van der Waals surface area contributed by atoms with E-state index in [-0.39, 0.29) is 11.8 Å². The van der Waals surface area contributed by atoms with Gasteiger partial charge in [0, 0.05) is 5.92 Å². The maximum atomic E-state index is 11.0. The van der Waals surface area contributed by atoms with Gasteiger partial charge in [-0.3, -0.25) is 4.79 Å². The van der Waals surface area contributed by atoms with Crippen molar-refractivity contribution >= 4 is 5.97 Å². The number of benzene rings is 1. The van der Waals surface area contributed by atoms with E-state index in [9.17, 15) is 4.79 Å². The average Bonchev–Trinajstić information content (AvgIpc) is 3.02. The van der Waals surface area contributed by atoms with Gasteiger partial charge in [0.1, 0.15) is 0 Å². The fourth-order valence-corrected chi connectivity index (χ4v) is 2.48. The second kappa shape index (κ2) is 4.15. The predicted octanol–water partition coefficient (Wildman–Crippen LogP) is 1.47. The number of carboxylic acids is 1. The number of carboxylic acid groups (broad SMARTS) is 1. The Labute approximate surface area is 110 Å². The Balaban J connectivity index is 2.04. The maximum Gasteiger partial charge on any atom is 0.307 e. The monoisotopic (exact) mass is 258 g/mol. The van der Waals surface area contributed by atoms with Crippen LogP contribution in [0, 0.1) is 19.8 Å². The van der Waals surface area contributed by atoms with Gasteiger partial charge in [0.05, 0.1) is 11.6 Å². The molecule has 3 rings (SSSR count). The minimum absolute atomic E-state index is 0.0773. The van der Waals surface area contributed by atoms with Crippen molar-refractivity contribution in [2.45, 2.75) is 26.2 Å². The van der Waals surface area contributed by atoms with Crippen LogP contribution in [0.1, 0.15) is 29.3 Å². The topological polar surface area (TPSA) is 80.9 Å². The van der Waals surface area contributed by atoms with Crippen LogP contribution < -0.4 is 0 Å². The Hall–Kier alpha value is -2.24. The lowest BCUT2D eigenvalue weighted by Crippen LogP contribution is -2.08. The van der Waals surface area contributed by atoms with Crippen molar-refractivity contribution in [2.24, 2.45) is 5.92 Å². The van der Waals surface area contributed by atoms with Crippen molar-refractivity contribution in [1.29, 1.82) is 0 Å². The molecule has 6 heteroatoms. The summed E-state index contributed by atoms with van der Waals surface area (Å²) < 4.78 is 1.68. The number of aryl methyl sites for hydroxylation is 2. The van der Waals surface area contributed by atoms with E-state index < -0.39 is 5.97 Å². The van der Waals surface area contributed by atoms with Gasteiger partial charge in [-0.1, -0.05) is 18.2 Å². The van der Waals surface area contributed by atoms with E-state index in [1.165, 1.54) is 0 Å². The highest BCUT2D eigenvalue weighted by Gasteiger charge is 2.47. The predicted molar refractivity (Wildman–Crippen MR) is 67.1 cm³/mol. The fraction of sp³-hybridized carbons (Fsp3) is 0.385. The maximum absolute atomic E-state index is 11.0. The second-order valence-corrected chi connectivity index (χ2v) is 4.98. The van der Waals surface area contributed by atoms with Crippen LogP contribution in [0.25, 0.3) is 5.69 Å². The highest BCUT2D eigenvalue weighted by molar-refractivity contribution is 5.74. The molecule has 0 radical (unpaired) electrons. The Morgan fingerprint density at radius 3 is 2.63 bits per heavy atom. The number of nitrogens with zero attached hydrogens (tertiary/aromatic N) is 4. The standard InChI is InChI=1S/C13H14N4O2/c1-7-4-3-5-8(2)11(7)17-12(14-15-16-17)9-6-10(9)13(18)19/h3-5,9-10H,6H2,1-2H3,(H,18,19). The van der Waals surface area contributed by atoms with Crippen LogP contribution in [-0.2, 0) is 4.79 Å². The molecule has 1 fully saturated rings. The summed E-state index contributed by atoms with van der Waals surface area (Å²) in [6, 6.07) is 5.97. The van der Waals surface area contributed by atoms with Gasteiger partial charge in [0.15, 0.2) is 5.82 Å². The molecule has 0 amide bonds. The molecule has 98 valence electrons. The molecule has 1 heterocycles. The first-order valence-electron chi connectivity index (χ1n) is 6.17. The summed E-state index contributed by atoms with van der Waals surface area (Å²) in [6.45, 7) is 3.99. The number of rotatable bonds is 3. The number of hydrogen-bond donors (Lipinski definition) is 1. The summed E-state index contributed by atoms with van der Waals surface area (Å²) in [6.07, 6.45) is 0.612. The van der Waals surface area contributed by atoms with Crippen LogP contribution in [0.4, 0.5) is 0 Å². The summed E-state index contributed by atoms with van der Waals surface area (Å²) >= 11 is 0. The van der Waals surface area contributed by atoms with Gasteiger partial charge in [-0.15, -0.1) is 5.10 Å². The van der Waals surface area contributed by atoms with Crippen molar-refractivity contribution in [3.63, 3.8) is 0 Å². The third-order valence-electron chi connectivity index (χ3n) is 3.58. The lowest BCUT2D eigenvalue weighted by Gasteiger charge is -2.10. The second-order valence-electron chi connectivity index (χ2n) is 4.98. The Morgan fingerprint density at radius 1 is 1.37 bits per heavy atom. The first-order valence-corrected chi connectivity index (χ1v) is 6.17. The molecule has 0 aliphatic heterocycles. The van der Waals surface area contributed by atoms with Crippen LogP contribution in [-0.4, -0.2) is 31.3 Å². The van der Waals surface area contributed by atoms with E-state index in [2.05, 4.69) is 15.5 Å². The van der Waals surface area contributed by atoms with Crippen molar-refractivity contribution in [3.05, 3.63) is 35.2 Å². The summed E-state index contributed by atoms with van der Waals surface area (Å²) in [4.78, 5) is 11.0. The molecule has 2 atom stereocenters. The third-order valence-corrected chi connectivity index (χ3v) is 3.58. The molecule has 1 aromatic heterocycles. The smallest absolute Gasteiger partial charge is 0.307 e. The number of para-hydroxylation sites is 1. The molecular weight excluding hydrogens is 244 g/mol. The molecule has 0 bridgehead atoms. The van der Waals surface area contributed by atoms with Gasteiger partial charge in [-0.25, -0.2) is 0 Å². The van der Waals surface area contributed by atoms with Gasteiger partial charge < -0.3 is 5.11 Å². The lowest BCUT2D eigenvalue weighted by molar-refractivity contribution is -0.138. The van der Waals surface area contributed by atoms with Crippen molar-refractivity contribution < 1.29 is 9.90 Å². The number of aliphatic carboxylic acids is 1. The molecule has 1 aliphatic carbocycles. The van der Waals surface area contributed by atoms with E-state index in [0.717, 1.165) is 16.8 Å². The zero-order valence-electron chi connectivity index (χ0n) is 10.7. The molecule has 2 aromatic rings. The zero-order valence-corrected chi connectivity index (χ0v) is 10.7. The number of aromatic nitrogens is 4. The van der Waals surface area contributed by atoms with E-state index >= 15 is 0 Å². The molecule has 1 saturated carbocycles. The average molecular weight is 258 g/mol. The first kappa shape index (κ1) is 11.8. The molecule has 1 aromatic carbocycles. The quantitative estimate of drug-likeness (QED) is 0.901. The van der Waals surface area contributed by atoms with Crippen LogP contribution in [0.2, 0.25) is 0 Å². The van der Waals surface area contributed by atoms with Crippen molar-refractivity contribution in [1.82, 2.24) is 20.2 Å².